The highest BCUT2D eigenvalue weighted by molar-refractivity contribution is 5.75. The predicted octanol–water partition coefficient (Wildman–Crippen LogP) is 4.10. The molecule has 0 amide bonds. The molecule has 0 saturated heterocycles. The second-order valence-corrected chi connectivity index (χ2v) is 6.57. The molecule has 0 heterocycles. The Labute approximate surface area is 128 Å². The maximum absolute atomic E-state index is 12.1. The van der Waals surface area contributed by atoms with E-state index in [2.05, 4.69) is 26.1 Å². The van der Waals surface area contributed by atoms with Crippen molar-refractivity contribution in [1.82, 2.24) is 0 Å². The fourth-order valence-electron chi connectivity index (χ4n) is 3.19. The van der Waals surface area contributed by atoms with Crippen LogP contribution in [0.15, 0.2) is 30.3 Å². The molecule has 0 aliphatic heterocycles. The summed E-state index contributed by atoms with van der Waals surface area (Å²) in [5.41, 5.74) is 0.951. The Kier molecular flexibility index (Phi) is 5.66. The smallest absolute Gasteiger partial charge is 0.325 e. The second-order valence-electron chi connectivity index (χ2n) is 6.57. The first-order valence-corrected chi connectivity index (χ1v) is 8.04. The minimum absolute atomic E-state index is 0.0822. The molecule has 2 rings (SSSR count). The highest BCUT2D eigenvalue weighted by atomic mass is 16.5. The van der Waals surface area contributed by atoms with Gasteiger partial charge in [0.15, 0.2) is 0 Å². The summed E-state index contributed by atoms with van der Waals surface area (Å²) < 4.78 is 5.76. The van der Waals surface area contributed by atoms with E-state index in [1.807, 2.05) is 30.3 Å². The Morgan fingerprint density at radius 1 is 1.29 bits per heavy atom. The number of carbonyl (C=O) groups is 1. The lowest BCUT2D eigenvalue weighted by atomic mass is 9.75. The van der Waals surface area contributed by atoms with Crippen LogP contribution in [0.1, 0.15) is 40.0 Å². The summed E-state index contributed by atoms with van der Waals surface area (Å²) in [7, 11) is 0. The Morgan fingerprint density at radius 2 is 2.00 bits per heavy atom. The van der Waals surface area contributed by atoms with Crippen LogP contribution in [0, 0.1) is 17.8 Å². The lowest BCUT2D eigenvalue weighted by Gasteiger charge is -2.36. The van der Waals surface area contributed by atoms with Gasteiger partial charge in [-0.3, -0.25) is 4.79 Å². The Hall–Kier alpha value is -1.51. The van der Waals surface area contributed by atoms with Crippen LogP contribution in [0.2, 0.25) is 0 Å². The van der Waals surface area contributed by atoms with Gasteiger partial charge in [0.05, 0.1) is 0 Å². The zero-order valence-corrected chi connectivity index (χ0v) is 13.3. The number of ether oxygens (including phenoxy) is 1. The standard InChI is InChI=1S/C18H27NO2/c1-13(2)16-10-9-14(3)11-17(16)21-18(20)12-19-15-7-5-4-6-8-15/h4-8,13-14,16-17,19H,9-12H2,1-3H3. The van der Waals surface area contributed by atoms with Gasteiger partial charge in [-0.05, 0) is 42.7 Å². The summed E-state index contributed by atoms with van der Waals surface area (Å²) in [5, 5.41) is 3.11. The summed E-state index contributed by atoms with van der Waals surface area (Å²) in [6, 6.07) is 9.76. The maximum Gasteiger partial charge on any atom is 0.325 e. The molecule has 1 aliphatic carbocycles. The Morgan fingerprint density at radius 3 is 2.67 bits per heavy atom. The lowest BCUT2D eigenvalue weighted by Crippen LogP contribution is -2.37. The van der Waals surface area contributed by atoms with Gasteiger partial charge in [0.2, 0.25) is 0 Å². The summed E-state index contributed by atoms with van der Waals surface area (Å²) in [6.45, 7) is 6.94. The van der Waals surface area contributed by atoms with Crippen molar-refractivity contribution < 1.29 is 9.53 Å². The third kappa shape index (κ3) is 4.76. The number of hydrogen-bond donors (Lipinski definition) is 1. The summed E-state index contributed by atoms with van der Waals surface area (Å²) in [6.07, 6.45) is 3.50. The maximum atomic E-state index is 12.1. The molecule has 21 heavy (non-hydrogen) atoms. The van der Waals surface area contributed by atoms with Crippen LogP contribution >= 0.6 is 0 Å². The molecule has 0 spiro atoms. The van der Waals surface area contributed by atoms with Gasteiger partial charge in [-0.25, -0.2) is 0 Å². The molecule has 1 aromatic carbocycles. The molecule has 3 nitrogen and oxygen atoms in total. The van der Waals surface area contributed by atoms with Crippen LogP contribution in [-0.4, -0.2) is 18.6 Å². The average Bonchev–Trinajstić information content (AvgIpc) is 2.46. The first-order valence-electron chi connectivity index (χ1n) is 8.04. The van der Waals surface area contributed by atoms with Crippen molar-refractivity contribution in [2.45, 2.75) is 46.1 Å². The lowest BCUT2D eigenvalue weighted by molar-refractivity contribution is -0.153. The number of para-hydroxylation sites is 1. The molecule has 0 bridgehead atoms. The van der Waals surface area contributed by atoms with E-state index in [1.54, 1.807) is 0 Å². The van der Waals surface area contributed by atoms with E-state index in [4.69, 9.17) is 4.74 Å². The third-order valence-electron chi connectivity index (χ3n) is 4.45. The second kappa shape index (κ2) is 7.48. The molecule has 116 valence electrons. The van der Waals surface area contributed by atoms with Crippen molar-refractivity contribution in [3.63, 3.8) is 0 Å². The largest absolute Gasteiger partial charge is 0.461 e. The third-order valence-corrected chi connectivity index (χ3v) is 4.45. The molecule has 3 heteroatoms. The molecule has 1 fully saturated rings. The number of anilines is 1. The van der Waals surface area contributed by atoms with Crippen molar-refractivity contribution in [2.75, 3.05) is 11.9 Å². The zero-order valence-electron chi connectivity index (χ0n) is 13.3. The van der Waals surface area contributed by atoms with Gasteiger partial charge in [-0.1, -0.05) is 45.4 Å². The molecule has 1 N–H and O–H groups in total. The number of benzene rings is 1. The number of esters is 1. The predicted molar refractivity (Wildman–Crippen MR) is 86.2 cm³/mol. The number of carbonyl (C=O) groups excluding carboxylic acids is 1. The monoisotopic (exact) mass is 289 g/mol. The van der Waals surface area contributed by atoms with Crippen LogP contribution in [0.5, 0.6) is 0 Å². The minimum atomic E-state index is -0.149. The molecule has 0 aromatic heterocycles. The van der Waals surface area contributed by atoms with Crippen molar-refractivity contribution in [2.24, 2.45) is 17.8 Å². The number of rotatable bonds is 5. The van der Waals surface area contributed by atoms with E-state index in [-0.39, 0.29) is 18.6 Å². The minimum Gasteiger partial charge on any atom is -0.461 e. The van der Waals surface area contributed by atoms with Crippen molar-refractivity contribution in [1.29, 1.82) is 0 Å². The summed E-state index contributed by atoms with van der Waals surface area (Å²) in [5.74, 6) is 1.57. The van der Waals surface area contributed by atoms with Crippen LogP contribution in [0.25, 0.3) is 0 Å². The molecule has 1 aliphatic rings. The van der Waals surface area contributed by atoms with Gasteiger partial charge >= 0.3 is 5.97 Å². The van der Waals surface area contributed by atoms with E-state index in [9.17, 15) is 4.79 Å². The first kappa shape index (κ1) is 15.9. The molecular formula is C18H27NO2. The molecule has 1 saturated carbocycles. The summed E-state index contributed by atoms with van der Waals surface area (Å²) in [4.78, 5) is 12.1. The van der Waals surface area contributed by atoms with Gasteiger partial charge in [0.25, 0.3) is 0 Å². The summed E-state index contributed by atoms with van der Waals surface area (Å²) >= 11 is 0. The topological polar surface area (TPSA) is 38.3 Å². The SMILES string of the molecule is CC1CCC(C(C)C)C(OC(=O)CNc2ccccc2)C1. The van der Waals surface area contributed by atoms with Crippen LogP contribution < -0.4 is 5.32 Å². The van der Waals surface area contributed by atoms with Crippen LogP contribution in [-0.2, 0) is 9.53 Å². The Bertz CT molecular complexity index is 444. The van der Waals surface area contributed by atoms with Gasteiger partial charge in [-0.2, -0.15) is 0 Å². The van der Waals surface area contributed by atoms with Gasteiger partial charge in [0, 0.05) is 5.69 Å². The fraction of sp³-hybridized carbons (Fsp3) is 0.611. The van der Waals surface area contributed by atoms with Crippen molar-refractivity contribution in [3.8, 4) is 0 Å². The number of hydrogen-bond acceptors (Lipinski definition) is 3. The van der Waals surface area contributed by atoms with Gasteiger partial charge in [0.1, 0.15) is 12.6 Å². The van der Waals surface area contributed by atoms with E-state index < -0.39 is 0 Å². The van der Waals surface area contributed by atoms with Crippen molar-refractivity contribution in [3.05, 3.63) is 30.3 Å². The highest BCUT2D eigenvalue weighted by Gasteiger charge is 2.33. The van der Waals surface area contributed by atoms with E-state index in [0.29, 0.717) is 17.8 Å². The number of nitrogens with one attached hydrogen (secondary N) is 1. The molecule has 3 unspecified atom stereocenters. The van der Waals surface area contributed by atoms with Crippen molar-refractivity contribution >= 4 is 11.7 Å². The highest BCUT2D eigenvalue weighted by Crippen LogP contribution is 2.35. The average molecular weight is 289 g/mol. The van der Waals surface area contributed by atoms with Crippen LogP contribution in [0.4, 0.5) is 5.69 Å². The van der Waals surface area contributed by atoms with E-state index >= 15 is 0 Å². The van der Waals surface area contributed by atoms with Crippen LogP contribution in [0.3, 0.4) is 0 Å². The van der Waals surface area contributed by atoms with E-state index in [0.717, 1.165) is 12.1 Å². The van der Waals surface area contributed by atoms with E-state index in [1.165, 1.54) is 12.8 Å². The van der Waals surface area contributed by atoms with Gasteiger partial charge in [-0.15, -0.1) is 0 Å². The quantitative estimate of drug-likeness (QED) is 0.829. The first-order chi connectivity index (χ1) is 10.1. The fourth-order valence-corrected chi connectivity index (χ4v) is 3.19. The Balaban J connectivity index is 1.85. The molecule has 0 radical (unpaired) electrons. The normalized spacial score (nSPS) is 25.6. The zero-order chi connectivity index (χ0) is 15.2. The molecular weight excluding hydrogens is 262 g/mol. The van der Waals surface area contributed by atoms with Gasteiger partial charge < -0.3 is 10.1 Å². The molecule has 1 aromatic rings. The molecule has 3 atom stereocenters.